The first-order valence-corrected chi connectivity index (χ1v) is 5.67. The van der Waals surface area contributed by atoms with Gasteiger partial charge in [0.25, 0.3) is 0 Å². The Hall–Kier alpha value is -1.06. The Labute approximate surface area is 96.0 Å². The minimum atomic E-state index is -0.837. The monoisotopic (exact) mass is 222 g/mol. The zero-order chi connectivity index (χ0) is 11.6. The Bertz CT molecular complexity index is 354. The molecule has 0 saturated carbocycles. The minimum Gasteiger partial charge on any atom is -0.491 e. The first-order chi connectivity index (χ1) is 7.60. The van der Waals surface area contributed by atoms with Gasteiger partial charge in [-0.3, -0.25) is 0 Å². The maximum Gasteiger partial charge on any atom is 0.120 e. The molecule has 1 unspecified atom stereocenters. The van der Waals surface area contributed by atoms with Crippen molar-refractivity contribution in [2.24, 2.45) is 0 Å². The van der Waals surface area contributed by atoms with Gasteiger partial charge in [0.1, 0.15) is 11.4 Å². The van der Waals surface area contributed by atoms with Gasteiger partial charge in [-0.2, -0.15) is 0 Å². The van der Waals surface area contributed by atoms with E-state index in [1.165, 1.54) is 0 Å². The molecule has 88 valence electrons. The molecule has 0 amide bonds. The van der Waals surface area contributed by atoms with Crippen LogP contribution in [0.25, 0.3) is 0 Å². The van der Waals surface area contributed by atoms with Gasteiger partial charge in [-0.15, -0.1) is 0 Å². The Morgan fingerprint density at radius 1 is 1.44 bits per heavy atom. The first-order valence-electron chi connectivity index (χ1n) is 5.67. The molecule has 1 heterocycles. The average Bonchev–Trinajstić information content (AvgIpc) is 2.66. The fourth-order valence-electron chi connectivity index (χ4n) is 1.91. The van der Waals surface area contributed by atoms with Crippen LogP contribution in [-0.4, -0.2) is 24.4 Å². The molecule has 0 spiro atoms. The topological polar surface area (TPSA) is 38.7 Å². The van der Waals surface area contributed by atoms with Crippen LogP contribution >= 0.6 is 0 Å². The summed E-state index contributed by atoms with van der Waals surface area (Å²) in [5.41, 5.74) is 0.0410. The Kier molecular flexibility index (Phi) is 3.17. The van der Waals surface area contributed by atoms with Gasteiger partial charge in [-0.1, -0.05) is 12.1 Å². The Morgan fingerprint density at radius 3 is 2.88 bits per heavy atom. The van der Waals surface area contributed by atoms with Crippen LogP contribution in [0, 0.1) is 0 Å². The van der Waals surface area contributed by atoms with E-state index >= 15 is 0 Å². The summed E-state index contributed by atoms with van der Waals surface area (Å²) < 4.78 is 10.9. The summed E-state index contributed by atoms with van der Waals surface area (Å²) in [4.78, 5) is 0. The normalized spacial score (nSPS) is 25.0. The van der Waals surface area contributed by atoms with Crippen LogP contribution in [0.3, 0.4) is 0 Å². The predicted molar refractivity (Wildman–Crippen MR) is 61.5 cm³/mol. The second-order valence-corrected chi connectivity index (χ2v) is 4.53. The summed E-state index contributed by atoms with van der Waals surface area (Å²) in [5.74, 6) is 0.799. The van der Waals surface area contributed by atoms with E-state index in [-0.39, 0.29) is 6.10 Å². The van der Waals surface area contributed by atoms with E-state index in [1.54, 1.807) is 0 Å². The highest BCUT2D eigenvalue weighted by molar-refractivity contribution is 5.33. The van der Waals surface area contributed by atoms with Gasteiger partial charge in [0.2, 0.25) is 0 Å². The van der Waals surface area contributed by atoms with Gasteiger partial charge in [0, 0.05) is 13.0 Å². The van der Waals surface area contributed by atoms with Crippen LogP contribution in [0.4, 0.5) is 0 Å². The van der Waals surface area contributed by atoms with Crippen molar-refractivity contribution in [2.45, 2.75) is 32.0 Å². The number of hydrogen-bond acceptors (Lipinski definition) is 3. The molecular weight excluding hydrogens is 204 g/mol. The maximum atomic E-state index is 10.3. The smallest absolute Gasteiger partial charge is 0.120 e. The Morgan fingerprint density at radius 2 is 2.25 bits per heavy atom. The highest BCUT2D eigenvalue weighted by Gasteiger charge is 2.34. The van der Waals surface area contributed by atoms with Crippen molar-refractivity contribution in [3.8, 4) is 5.75 Å². The van der Waals surface area contributed by atoms with Crippen molar-refractivity contribution in [1.82, 2.24) is 0 Å². The number of aliphatic hydroxyl groups is 1. The standard InChI is InChI=1S/C13H18O3/c1-10(2)16-12-5-3-4-11(8-12)13(14)6-7-15-9-13/h3-5,8,10,14H,6-7,9H2,1-2H3. The molecule has 1 aliphatic heterocycles. The zero-order valence-electron chi connectivity index (χ0n) is 9.77. The predicted octanol–water partition coefficient (Wildman–Crippen LogP) is 2.08. The molecule has 1 N–H and O–H groups in total. The second kappa shape index (κ2) is 4.44. The Balaban J connectivity index is 2.21. The fraction of sp³-hybridized carbons (Fsp3) is 0.538. The molecule has 1 saturated heterocycles. The lowest BCUT2D eigenvalue weighted by atomic mass is 9.93. The molecule has 0 aliphatic carbocycles. The van der Waals surface area contributed by atoms with E-state index in [0.29, 0.717) is 19.6 Å². The van der Waals surface area contributed by atoms with Crippen molar-refractivity contribution in [3.05, 3.63) is 29.8 Å². The summed E-state index contributed by atoms with van der Waals surface area (Å²) in [6.07, 6.45) is 0.794. The highest BCUT2D eigenvalue weighted by Crippen LogP contribution is 2.32. The van der Waals surface area contributed by atoms with Gasteiger partial charge in [-0.25, -0.2) is 0 Å². The van der Waals surface area contributed by atoms with Crippen molar-refractivity contribution in [1.29, 1.82) is 0 Å². The van der Waals surface area contributed by atoms with E-state index in [4.69, 9.17) is 9.47 Å². The van der Waals surface area contributed by atoms with Gasteiger partial charge in [-0.05, 0) is 31.5 Å². The summed E-state index contributed by atoms with van der Waals surface area (Å²) >= 11 is 0. The van der Waals surface area contributed by atoms with Crippen LogP contribution in [0.2, 0.25) is 0 Å². The van der Waals surface area contributed by atoms with E-state index in [2.05, 4.69) is 0 Å². The molecule has 1 aromatic carbocycles. The number of hydrogen-bond donors (Lipinski definition) is 1. The molecule has 1 aromatic rings. The average molecular weight is 222 g/mol. The lowest BCUT2D eigenvalue weighted by Crippen LogP contribution is -2.25. The number of ether oxygens (including phenoxy) is 2. The molecule has 0 bridgehead atoms. The summed E-state index contributed by atoms with van der Waals surface area (Å²) in [7, 11) is 0. The van der Waals surface area contributed by atoms with Gasteiger partial charge >= 0.3 is 0 Å². The molecule has 1 atom stereocenters. The number of rotatable bonds is 3. The van der Waals surface area contributed by atoms with Gasteiger partial charge in [0.05, 0.1) is 12.7 Å². The van der Waals surface area contributed by atoms with E-state index < -0.39 is 5.60 Å². The molecule has 0 aromatic heterocycles. The number of benzene rings is 1. The lowest BCUT2D eigenvalue weighted by molar-refractivity contribution is 0.0229. The molecule has 0 radical (unpaired) electrons. The van der Waals surface area contributed by atoms with E-state index in [9.17, 15) is 5.11 Å². The summed E-state index contributed by atoms with van der Waals surface area (Å²) in [6.45, 7) is 4.96. The lowest BCUT2D eigenvalue weighted by Gasteiger charge is -2.21. The molecule has 1 aliphatic rings. The van der Waals surface area contributed by atoms with Crippen molar-refractivity contribution in [2.75, 3.05) is 13.2 Å². The van der Waals surface area contributed by atoms with Crippen molar-refractivity contribution in [3.63, 3.8) is 0 Å². The van der Waals surface area contributed by atoms with Crippen LogP contribution in [-0.2, 0) is 10.3 Å². The van der Waals surface area contributed by atoms with Crippen LogP contribution in [0.5, 0.6) is 5.75 Å². The third-order valence-electron chi connectivity index (χ3n) is 2.74. The zero-order valence-corrected chi connectivity index (χ0v) is 9.77. The minimum absolute atomic E-state index is 0.143. The molecule has 2 rings (SSSR count). The molecular formula is C13H18O3. The maximum absolute atomic E-state index is 10.3. The molecule has 16 heavy (non-hydrogen) atoms. The second-order valence-electron chi connectivity index (χ2n) is 4.53. The van der Waals surface area contributed by atoms with Crippen molar-refractivity contribution < 1.29 is 14.6 Å². The third kappa shape index (κ3) is 2.36. The quantitative estimate of drug-likeness (QED) is 0.851. The van der Waals surface area contributed by atoms with Crippen LogP contribution in [0.1, 0.15) is 25.8 Å². The molecule has 3 nitrogen and oxygen atoms in total. The van der Waals surface area contributed by atoms with Gasteiger partial charge < -0.3 is 14.6 Å². The SMILES string of the molecule is CC(C)Oc1cccc(C2(O)CCOC2)c1. The van der Waals surface area contributed by atoms with Gasteiger partial charge in [0.15, 0.2) is 0 Å². The molecule has 3 heteroatoms. The van der Waals surface area contributed by atoms with E-state index in [1.807, 2.05) is 38.1 Å². The molecule has 1 fully saturated rings. The van der Waals surface area contributed by atoms with Crippen LogP contribution in [0.15, 0.2) is 24.3 Å². The largest absolute Gasteiger partial charge is 0.491 e. The van der Waals surface area contributed by atoms with Crippen molar-refractivity contribution >= 4 is 0 Å². The first kappa shape index (κ1) is 11.4. The highest BCUT2D eigenvalue weighted by atomic mass is 16.5. The van der Waals surface area contributed by atoms with Crippen LogP contribution < -0.4 is 4.74 Å². The fourth-order valence-corrected chi connectivity index (χ4v) is 1.91. The summed E-state index contributed by atoms with van der Waals surface area (Å²) in [6, 6.07) is 7.63. The third-order valence-corrected chi connectivity index (χ3v) is 2.74. The summed E-state index contributed by atoms with van der Waals surface area (Å²) in [5, 5.41) is 10.3. The van der Waals surface area contributed by atoms with E-state index in [0.717, 1.165) is 11.3 Å².